The van der Waals surface area contributed by atoms with Gasteiger partial charge in [-0.2, -0.15) is 0 Å². The van der Waals surface area contributed by atoms with Crippen LogP contribution in [0.25, 0.3) is 5.57 Å². The average Bonchev–Trinajstić information content (AvgIpc) is 2.30. The van der Waals surface area contributed by atoms with Crippen LogP contribution in [0.3, 0.4) is 0 Å². The summed E-state index contributed by atoms with van der Waals surface area (Å²) in [5, 5.41) is 0. The highest BCUT2D eigenvalue weighted by molar-refractivity contribution is 5.68. The van der Waals surface area contributed by atoms with Crippen LogP contribution in [0.2, 0.25) is 0 Å². The third-order valence-electron chi connectivity index (χ3n) is 2.40. The van der Waals surface area contributed by atoms with Crippen molar-refractivity contribution in [2.24, 2.45) is 0 Å². The molecule has 1 heterocycles. The zero-order valence-corrected chi connectivity index (χ0v) is 8.99. The van der Waals surface area contributed by atoms with E-state index in [1.54, 1.807) is 7.11 Å². The molecule has 2 heteroatoms. The van der Waals surface area contributed by atoms with Gasteiger partial charge in [-0.05, 0) is 18.6 Å². The van der Waals surface area contributed by atoms with Gasteiger partial charge in [-0.25, -0.2) is 0 Å². The molecule has 0 atom stereocenters. The molecule has 0 spiro atoms. The first kappa shape index (κ1) is 9.84. The largest absolute Gasteiger partial charge is 0.468 e. The van der Waals surface area contributed by atoms with E-state index in [0.29, 0.717) is 5.95 Å². The second kappa shape index (κ2) is 4.22. The molecule has 0 unspecified atom stereocenters. The summed E-state index contributed by atoms with van der Waals surface area (Å²) >= 11 is 0. The van der Waals surface area contributed by atoms with E-state index in [2.05, 4.69) is 18.2 Å². The second-order valence-electron chi connectivity index (χ2n) is 3.46. The Balaban J connectivity index is 2.35. The number of hydrogen-bond acceptors (Lipinski definition) is 2. The van der Waals surface area contributed by atoms with Gasteiger partial charge in [-0.15, -0.1) is 0 Å². The predicted molar refractivity (Wildman–Crippen MR) is 59.8 cm³/mol. The lowest BCUT2D eigenvalue weighted by atomic mass is 10.0. The third-order valence-corrected chi connectivity index (χ3v) is 2.40. The SMILES string of the molecule is COC1=C(c2ccccc2)CC=C(C)O1. The second-order valence-corrected chi connectivity index (χ2v) is 3.46. The van der Waals surface area contributed by atoms with Crippen LogP contribution < -0.4 is 0 Å². The molecule has 1 aromatic rings. The molecule has 2 nitrogen and oxygen atoms in total. The van der Waals surface area contributed by atoms with Gasteiger partial charge in [0.1, 0.15) is 5.76 Å². The van der Waals surface area contributed by atoms with E-state index < -0.39 is 0 Å². The van der Waals surface area contributed by atoms with Gasteiger partial charge in [0.15, 0.2) is 0 Å². The molecule has 0 aromatic heterocycles. The molecule has 2 rings (SSSR count). The Morgan fingerprint density at radius 3 is 2.60 bits per heavy atom. The zero-order valence-electron chi connectivity index (χ0n) is 8.99. The maximum atomic E-state index is 5.52. The van der Waals surface area contributed by atoms with Gasteiger partial charge in [-0.1, -0.05) is 30.3 Å². The summed E-state index contributed by atoms with van der Waals surface area (Å²) < 4.78 is 10.8. The van der Waals surface area contributed by atoms with Crippen molar-refractivity contribution in [1.82, 2.24) is 0 Å². The maximum Gasteiger partial charge on any atom is 0.288 e. The van der Waals surface area contributed by atoms with E-state index in [0.717, 1.165) is 23.3 Å². The van der Waals surface area contributed by atoms with E-state index in [9.17, 15) is 0 Å². The molecule has 1 aliphatic heterocycles. The Labute approximate surface area is 89.8 Å². The van der Waals surface area contributed by atoms with Crippen molar-refractivity contribution in [1.29, 1.82) is 0 Å². The van der Waals surface area contributed by atoms with Crippen molar-refractivity contribution in [2.45, 2.75) is 13.3 Å². The van der Waals surface area contributed by atoms with E-state index >= 15 is 0 Å². The van der Waals surface area contributed by atoms with E-state index in [4.69, 9.17) is 9.47 Å². The highest BCUT2D eigenvalue weighted by Gasteiger charge is 2.15. The molecule has 0 radical (unpaired) electrons. The number of hydrogen-bond donors (Lipinski definition) is 0. The lowest BCUT2D eigenvalue weighted by Crippen LogP contribution is -2.03. The van der Waals surface area contributed by atoms with Crippen molar-refractivity contribution < 1.29 is 9.47 Å². The van der Waals surface area contributed by atoms with Gasteiger partial charge >= 0.3 is 0 Å². The molecular formula is C13H14O2. The lowest BCUT2D eigenvalue weighted by Gasteiger charge is -2.18. The highest BCUT2D eigenvalue weighted by Crippen LogP contribution is 2.29. The molecular weight excluding hydrogens is 188 g/mol. The summed E-state index contributed by atoms with van der Waals surface area (Å²) in [5.74, 6) is 1.51. The summed E-state index contributed by atoms with van der Waals surface area (Å²) in [6.45, 7) is 1.93. The summed E-state index contributed by atoms with van der Waals surface area (Å²) in [6, 6.07) is 10.2. The van der Waals surface area contributed by atoms with Crippen LogP contribution >= 0.6 is 0 Å². The first-order valence-corrected chi connectivity index (χ1v) is 4.98. The number of rotatable bonds is 2. The third kappa shape index (κ3) is 2.04. The molecule has 78 valence electrons. The van der Waals surface area contributed by atoms with Crippen LogP contribution in [0.4, 0.5) is 0 Å². The minimum Gasteiger partial charge on any atom is -0.468 e. The molecule has 1 aromatic carbocycles. The number of allylic oxidation sites excluding steroid dienone is 3. The highest BCUT2D eigenvalue weighted by atomic mass is 16.7. The Hall–Kier alpha value is -1.70. The number of benzene rings is 1. The van der Waals surface area contributed by atoms with Gasteiger partial charge < -0.3 is 9.47 Å². The van der Waals surface area contributed by atoms with Gasteiger partial charge in [0.25, 0.3) is 5.95 Å². The fourth-order valence-corrected chi connectivity index (χ4v) is 1.62. The predicted octanol–water partition coefficient (Wildman–Crippen LogP) is 3.33. The first-order chi connectivity index (χ1) is 7.31. The number of methoxy groups -OCH3 is 1. The molecule has 1 aliphatic rings. The van der Waals surface area contributed by atoms with Crippen molar-refractivity contribution in [2.75, 3.05) is 7.11 Å². The van der Waals surface area contributed by atoms with Gasteiger partial charge in [0, 0.05) is 12.0 Å². The molecule has 0 fully saturated rings. The summed E-state index contributed by atoms with van der Waals surface area (Å²) in [6.07, 6.45) is 2.92. The summed E-state index contributed by atoms with van der Waals surface area (Å²) in [7, 11) is 1.64. The molecule has 0 amide bonds. The Bertz CT molecular complexity index is 402. The average molecular weight is 202 g/mol. The fraction of sp³-hybridized carbons (Fsp3) is 0.231. The van der Waals surface area contributed by atoms with Crippen molar-refractivity contribution in [3.8, 4) is 0 Å². The molecule has 0 saturated carbocycles. The monoisotopic (exact) mass is 202 g/mol. The van der Waals surface area contributed by atoms with Crippen LogP contribution in [0.15, 0.2) is 48.1 Å². The Kier molecular flexibility index (Phi) is 2.77. The van der Waals surface area contributed by atoms with Gasteiger partial charge in [-0.3, -0.25) is 0 Å². The first-order valence-electron chi connectivity index (χ1n) is 4.98. The number of ether oxygens (including phenoxy) is 2. The van der Waals surface area contributed by atoms with E-state index in [1.165, 1.54) is 0 Å². The normalized spacial score (nSPS) is 15.7. The lowest BCUT2D eigenvalue weighted by molar-refractivity contribution is 0.103. The molecule has 0 N–H and O–H groups in total. The van der Waals surface area contributed by atoms with Crippen LogP contribution in [-0.2, 0) is 9.47 Å². The molecule has 0 aliphatic carbocycles. The summed E-state index contributed by atoms with van der Waals surface area (Å²) in [5.41, 5.74) is 2.25. The fourth-order valence-electron chi connectivity index (χ4n) is 1.62. The topological polar surface area (TPSA) is 18.5 Å². The van der Waals surface area contributed by atoms with Gasteiger partial charge in [0.2, 0.25) is 0 Å². The quantitative estimate of drug-likeness (QED) is 0.732. The molecule has 15 heavy (non-hydrogen) atoms. The Morgan fingerprint density at radius 2 is 1.93 bits per heavy atom. The standard InChI is InChI=1S/C13H14O2/c1-10-8-9-12(13(14-2)15-10)11-6-4-3-5-7-11/h3-8H,9H2,1-2H3. The molecule has 0 bridgehead atoms. The van der Waals surface area contributed by atoms with Crippen LogP contribution in [0.1, 0.15) is 18.9 Å². The van der Waals surface area contributed by atoms with Crippen LogP contribution in [0.5, 0.6) is 0 Å². The van der Waals surface area contributed by atoms with Gasteiger partial charge in [0.05, 0.1) is 7.11 Å². The van der Waals surface area contributed by atoms with E-state index in [1.807, 2.05) is 25.1 Å². The van der Waals surface area contributed by atoms with E-state index in [-0.39, 0.29) is 0 Å². The van der Waals surface area contributed by atoms with Crippen molar-refractivity contribution in [3.63, 3.8) is 0 Å². The Morgan fingerprint density at radius 1 is 1.20 bits per heavy atom. The van der Waals surface area contributed by atoms with Crippen molar-refractivity contribution in [3.05, 3.63) is 53.7 Å². The van der Waals surface area contributed by atoms with Crippen molar-refractivity contribution >= 4 is 5.57 Å². The minimum atomic E-state index is 0.612. The minimum absolute atomic E-state index is 0.612. The molecule has 0 saturated heterocycles. The van der Waals surface area contributed by atoms with Crippen LogP contribution in [0, 0.1) is 0 Å². The zero-order chi connectivity index (χ0) is 10.7. The maximum absolute atomic E-state index is 5.52. The smallest absolute Gasteiger partial charge is 0.288 e. The summed E-state index contributed by atoms with van der Waals surface area (Å²) in [4.78, 5) is 0. The van der Waals surface area contributed by atoms with Crippen LogP contribution in [-0.4, -0.2) is 7.11 Å².